The van der Waals surface area contributed by atoms with Crippen molar-refractivity contribution in [2.24, 2.45) is 0 Å². The molecule has 3 aromatic rings. The van der Waals surface area contributed by atoms with E-state index >= 15 is 0 Å². The Kier molecular flexibility index (Phi) is 6.08. The molecule has 140 valence electrons. The van der Waals surface area contributed by atoms with Gasteiger partial charge in [0.1, 0.15) is 0 Å². The first-order chi connectivity index (χ1) is 13.0. The standard InChI is InChI=1S/C19H18FN3O3S/c1-13(25-16-11-7-6-10-15(16)20)18-21-22-19(26-18)27-12-17(24)23(2)14-8-4-3-5-9-14/h3-11,13H,12H2,1-2H3/t13-/m1/s1. The van der Waals surface area contributed by atoms with E-state index in [9.17, 15) is 9.18 Å². The first-order valence-electron chi connectivity index (χ1n) is 8.23. The lowest BCUT2D eigenvalue weighted by molar-refractivity contribution is -0.115. The number of nitrogens with zero attached hydrogens (tertiary/aromatic N) is 3. The molecule has 2 aromatic carbocycles. The van der Waals surface area contributed by atoms with Crippen LogP contribution < -0.4 is 9.64 Å². The number of ether oxygens (including phenoxy) is 1. The second kappa shape index (κ2) is 8.68. The Bertz CT molecular complexity index is 904. The van der Waals surface area contributed by atoms with Crippen molar-refractivity contribution in [3.8, 4) is 5.75 Å². The number of hydrogen-bond acceptors (Lipinski definition) is 6. The molecule has 3 rings (SSSR count). The highest BCUT2D eigenvalue weighted by Gasteiger charge is 2.19. The molecule has 0 bridgehead atoms. The average molecular weight is 387 g/mol. The van der Waals surface area contributed by atoms with Gasteiger partial charge >= 0.3 is 0 Å². The van der Waals surface area contributed by atoms with Crippen molar-refractivity contribution >= 4 is 23.4 Å². The maximum atomic E-state index is 13.7. The van der Waals surface area contributed by atoms with Crippen LogP contribution in [0.3, 0.4) is 0 Å². The third-order valence-electron chi connectivity index (χ3n) is 3.75. The smallest absolute Gasteiger partial charge is 0.277 e. The van der Waals surface area contributed by atoms with Gasteiger partial charge in [-0.2, -0.15) is 0 Å². The Hall–Kier alpha value is -2.87. The summed E-state index contributed by atoms with van der Waals surface area (Å²) < 4.78 is 24.7. The number of hydrogen-bond donors (Lipinski definition) is 0. The molecule has 0 aliphatic rings. The van der Waals surface area contributed by atoms with Crippen molar-refractivity contribution in [2.45, 2.75) is 18.3 Å². The van der Waals surface area contributed by atoms with Crippen LogP contribution in [0.4, 0.5) is 10.1 Å². The first kappa shape index (κ1) is 18.9. The van der Waals surface area contributed by atoms with Gasteiger partial charge in [-0.1, -0.05) is 42.1 Å². The molecular formula is C19H18FN3O3S. The Labute approximate surface area is 160 Å². The lowest BCUT2D eigenvalue weighted by Crippen LogP contribution is -2.27. The van der Waals surface area contributed by atoms with Crippen LogP contribution in [0, 0.1) is 5.82 Å². The lowest BCUT2D eigenvalue weighted by atomic mass is 10.3. The van der Waals surface area contributed by atoms with Gasteiger partial charge in [-0.05, 0) is 31.2 Å². The van der Waals surface area contributed by atoms with Crippen molar-refractivity contribution < 1.29 is 18.3 Å². The Balaban J connectivity index is 1.56. The van der Waals surface area contributed by atoms with Crippen LogP contribution in [0.25, 0.3) is 0 Å². The maximum Gasteiger partial charge on any atom is 0.277 e. The molecule has 0 aliphatic carbocycles. The Morgan fingerprint density at radius 1 is 1.19 bits per heavy atom. The van der Waals surface area contributed by atoms with Gasteiger partial charge in [0.05, 0.1) is 5.75 Å². The second-order valence-corrected chi connectivity index (χ2v) is 6.60. The second-order valence-electron chi connectivity index (χ2n) is 5.67. The summed E-state index contributed by atoms with van der Waals surface area (Å²) in [6, 6.07) is 15.4. The van der Waals surface area contributed by atoms with Crippen molar-refractivity contribution in [3.63, 3.8) is 0 Å². The van der Waals surface area contributed by atoms with Crippen LogP contribution in [0.5, 0.6) is 5.75 Å². The number of rotatable bonds is 7. The van der Waals surface area contributed by atoms with Gasteiger partial charge < -0.3 is 14.1 Å². The highest BCUT2D eigenvalue weighted by Crippen LogP contribution is 2.26. The summed E-state index contributed by atoms with van der Waals surface area (Å²) in [7, 11) is 1.71. The van der Waals surface area contributed by atoms with Crippen LogP contribution in [-0.4, -0.2) is 28.9 Å². The molecule has 27 heavy (non-hydrogen) atoms. The van der Waals surface area contributed by atoms with E-state index in [1.165, 1.54) is 12.1 Å². The molecule has 0 unspecified atom stereocenters. The van der Waals surface area contributed by atoms with E-state index in [1.807, 2.05) is 30.3 Å². The summed E-state index contributed by atoms with van der Waals surface area (Å²) in [6.45, 7) is 1.68. The van der Waals surface area contributed by atoms with Gasteiger partial charge in [0.15, 0.2) is 17.7 Å². The molecular weight excluding hydrogens is 369 g/mol. The molecule has 8 heteroatoms. The summed E-state index contributed by atoms with van der Waals surface area (Å²) in [5.74, 6) is -0.0911. The molecule has 1 heterocycles. The van der Waals surface area contributed by atoms with Crippen LogP contribution in [0.1, 0.15) is 18.9 Å². The molecule has 1 aromatic heterocycles. The van der Waals surface area contributed by atoms with E-state index in [0.717, 1.165) is 17.4 Å². The normalized spacial score (nSPS) is 11.8. The van der Waals surface area contributed by atoms with E-state index in [1.54, 1.807) is 31.0 Å². The number of anilines is 1. The van der Waals surface area contributed by atoms with Gasteiger partial charge in [0.2, 0.25) is 5.91 Å². The van der Waals surface area contributed by atoms with Gasteiger partial charge in [-0.3, -0.25) is 4.79 Å². The number of para-hydroxylation sites is 2. The van der Waals surface area contributed by atoms with Crippen molar-refractivity contribution in [2.75, 3.05) is 17.7 Å². The van der Waals surface area contributed by atoms with Gasteiger partial charge in [-0.15, -0.1) is 10.2 Å². The third kappa shape index (κ3) is 4.85. The largest absolute Gasteiger partial charge is 0.478 e. The van der Waals surface area contributed by atoms with Crippen LogP contribution >= 0.6 is 11.8 Å². The fraction of sp³-hybridized carbons (Fsp3) is 0.211. The van der Waals surface area contributed by atoms with Crippen LogP contribution in [0.15, 0.2) is 64.2 Å². The highest BCUT2D eigenvalue weighted by atomic mass is 32.2. The molecule has 0 N–H and O–H groups in total. The van der Waals surface area contributed by atoms with E-state index < -0.39 is 11.9 Å². The van der Waals surface area contributed by atoms with Crippen molar-refractivity contribution in [1.82, 2.24) is 10.2 Å². The predicted octanol–water partition coefficient (Wildman–Crippen LogP) is 4.10. The molecule has 6 nitrogen and oxygen atoms in total. The van der Waals surface area contributed by atoms with Gasteiger partial charge in [0.25, 0.3) is 11.1 Å². The summed E-state index contributed by atoms with van der Waals surface area (Å²) >= 11 is 1.14. The third-order valence-corrected chi connectivity index (χ3v) is 4.55. The number of halogens is 1. The zero-order valence-corrected chi connectivity index (χ0v) is 15.6. The molecule has 1 amide bonds. The molecule has 0 fully saturated rings. The number of benzene rings is 2. The van der Waals surface area contributed by atoms with E-state index in [0.29, 0.717) is 0 Å². The summed E-state index contributed by atoms with van der Waals surface area (Å²) in [4.78, 5) is 13.8. The predicted molar refractivity (Wildman–Crippen MR) is 100 cm³/mol. The van der Waals surface area contributed by atoms with Crippen LogP contribution in [-0.2, 0) is 4.79 Å². The van der Waals surface area contributed by atoms with Gasteiger partial charge in [-0.25, -0.2) is 4.39 Å². The molecule has 0 saturated heterocycles. The quantitative estimate of drug-likeness (QED) is 0.569. The topological polar surface area (TPSA) is 68.5 Å². The first-order valence-corrected chi connectivity index (χ1v) is 9.22. The minimum atomic E-state index is -0.619. The number of carbonyl (C=O) groups is 1. The Morgan fingerprint density at radius 2 is 1.89 bits per heavy atom. The van der Waals surface area contributed by atoms with Crippen molar-refractivity contribution in [3.05, 3.63) is 66.3 Å². The van der Waals surface area contributed by atoms with E-state index in [4.69, 9.17) is 9.15 Å². The van der Waals surface area contributed by atoms with E-state index in [2.05, 4.69) is 10.2 Å². The number of thioether (sulfide) groups is 1. The summed E-state index contributed by atoms with van der Waals surface area (Å²) in [6.07, 6.45) is -0.619. The average Bonchev–Trinajstić information content (AvgIpc) is 3.17. The minimum Gasteiger partial charge on any atom is -0.478 e. The Morgan fingerprint density at radius 3 is 2.63 bits per heavy atom. The highest BCUT2D eigenvalue weighted by molar-refractivity contribution is 7.99. The number of aromatic nitrogens is 2. The molecule has 0 aliphatic heterocycles. The van der Waals surface area contributed by atoms with Gasteiger partial charge in [0, 0.05) is 12.7 Å². The molecule has 1 atom stereocenters. The zero-order chi connectivity index (χ0) is 19.2. The summed E-state index contributed by atoms with van der Waals surface area (Å²) in [5, 5.41) is 8.07. The molecule has 0 saturated carbocycles. The zero-order valence-electron chi connectivity index (χ0n) is 14.8. The lowest BCUT2D eigenvalue weighted by Gasteiger charge is -2.16. The molecule has 0 radical (unpaired) electrons. The van der Waals surface area contributed by atoms with Crippen LogP contribution in [0.2, 0.25) is 0 Å². The minimum absolute atomic E-state index is 0.0957. The SMILES string of the molecule is C[C@@H](Oc1ccccc1F)c1nnc(SCC(=O)N(C)c2ccccc2)o1. The number of amides is 1. The summed E-state index contributed by atoms with van der Waals surface area (Å²) in [5.41, 5.74) is 0.807. The monoisotopic (exact) mass is 387 g/mol. The fourth-order valence-corrected chi connectivity index (χ4v) is 2.92. The number of carbonyl (C=O) groups excluding carboxylic acids is 1. The van der Waals surface area contributed by atoms with Crippen molar-refractivity contribution in [1.29, 1.82) is 0 Å². The maximum absolute atomic E-state index is 13.7. The van der Waals surface area contributed by atoms with E-state index in [-0.39, 0.29) is 28.5 Å². The fourth-order valence-electron chi connectivity index (χ4n) is 2.24. The molecule has 0 spiro atoms.